The molecule has 2 N–H and O–H groups in total. The van der Waals surface area contributed by atoms with Gasteiger partial charge in [-0.1, -0.05) is 18.1 Å². The van der Waals surface area contributed by atoms with Crippen LogP contribution in [0.2, 0.25) is 0 Å². The Bertz CT molecular complexity index is 871. The maximum Gasteiger partial charge on any atom is 0.161 e. The fraction of sp³-hybridized carbons (Fsp3) is 0.480. The number of nitrogens with zero attached hydrogens (tertiary/aromatic N) is 1. The second-order valence-corrected chi connectivity index (χ2v) is 8.27. The number of ether oxygens (including phenoxy) is 2. The molecule has 152 valence electrons. The third kappa shape index (κ3) is 4.57. The van der Waals surface area contributed by atoms with E-state index in [1.165, 1.54) is 18.4 Å². The molecule has 2 fully saturated rings. The van der Waals surface area contributed by atoms with Crippen molar-refractivity contribution in [2.45, 2.75) is 68.9 Å². The Hall–Kier alpha value is -2.51. The number of rotatable bonds is 4. The molecule has 0 unspecified atom stereocenters. The van der Waals surface area contributed by atoms with Crippen LogP contribution in [0.15, 0.2) is 42.6 Å². The summed E-state index contributed by atoms with van der Waals surface area (Å²) in [6.07, 6.45) is 10.6. The number of aromatic nitrogens is 1. The summed E-state index contributed by atoms with van der Waals surface area (Å²) in [5.41, 5.74) is 7.99. The molecule has 0 amide bonds. The lowest BCUT2D eigenvalue weighted by atomic mass is 9.68. The first-order valence-electron chi connectivity index (χ1n) is 10.7. The third-order valence-electron chi connectivity index (χ3n) is 6.29. The van der Waals surface area contributed by atoms with E-state index in [0.717, 1.165) is 55.7 Å². The standard InChI is InChI=1S/C25H30N2O2/c1-28-23-10-9-19(18-24(23)29-22-7-2-3-8-22)25(14-11-20(26)12-15-25)16-13-21-6-4-5-17-27-21/h4-6,9-10,17-18,20,22H,2-3,7-8,11-12,14-15,26H2,1H3. The Morgan fingerprint density at radius 1 is 1.03 bits per heavy atom. The van der Waals surface area contributed by atoms with E-state index in [4.69, 9.17) is 15.2 Å². The zero-order valence-corrected chi connectivity index (χ0v) is 17.2. The lowest BCUT2D eigenvalue weighted by Crippen LogP contribution is -2.36. The van der Waals surface area contributed by atoms with Crippen LogP contribution in [0, 0.1) is 11.8 Å². The fourth-order valence-electron chi connectivity index (χ4n) is 4.49. The molecule has 2 aromatic rings. The Morgan fingerprint density at radius 3 is 2.52 bits per heavy atom. The summed E-state index contributed by atoms with van der Waals surface area (Å²) in [5, 5.41) is 0. The lowest BCUT2D eigenvalue weighted by Gasteiger charge is -2.36. The molecule has 1 heterocycles. The summed E-state index contributed by atoms with van der Waals surface area (Å²) >= 11 is 0. The zero-order chi connectivity index (χ0) is 20.1. The lowest BCUT2D eigenvalue weighted by molar-refractivity contribution is 0.200. The topological polar surface area (TPSA) is 57.4 Å². The minimum absolute atomic E-state index is 0.229. The van der Waals surface area contributed by atoms with Gasteiger partial charge in [-0.15, -0.1) is 0 Å². The summed E-state index contributed by atoms with van der Waals surface area (Å²) in [7, 11) is 1.70. The summed E-state index contributed by atoms with van der Waals surface area (Å²) < 4.78 is 11.9. The van der Waals surface area contributed by atoms with Crippen molar-refractivity contribution in [1.29, 1.82) is 0 Å². The summed E-state index contributed by atoms with van der Waals surface area (Å²) in [6, 6.07) is 12.4. The number of hydrogen-bond donors (Lipinski definition) is 1. The van der Waals surface area contributed by atoms with Gasteiger partial charge in [0.1, 0.15) is 5.69 Å². The van der Waals surface area contributed by atoms with E-state index < -0.39 is 0 Å². The highest BCUT2D eigenvalue weighted by Gasteiger charge is 2.35. The Balaban J connectivity index is 1.69. The van der Waals surface area contributed by atoms with E-state index in [9.17, 15) is 0 Å². The minimum atomic E-state index is -0.229. The van der Waals surface area contributed by atoms with E-state index in [0.29, 0.717) is 0 Å². The van der Waals surface area contributed by atoms with Gasteiger partial charge in [0.2, 0.25) is 0 Å². The highest BCUT2D eigenvalue weighted by molar-refractivity contribution is 5.49. The molecule has 1 aromatic heterocycles. The maximum atomic E-state index is 6.35. The minimum Gasteiger partial charge on any atom is -0.493 e. The molecule has 4 nitrogen and oxygen atoms in total. The van der Waals surface area contributed by atoms with Gasteiger partial charge in [-0.05, 0) is 87.1 Å². The Kier molecular flexibility index (Phi) is 6.06. The molecule has 4 rings (SSSR count). The summed E-state index contributed by atoms with van der Waals surface area (Å²) in [5.74, 6) is 8.53. The Labute approximate surface area is 173 Å². The van der Waals surface area contributed by atoms with Crippen LogP contribution in [0.25, 0.3) is 0 Å². The molecule has 2 aliphatic rings. The quantitative estimate of drug-likeness (QED) is 0.775. The first kappa shape index (κ1) is 19.8. The van der Waals surface area contributed by atoms with Gasteiger partial charge in [-0.2, -0.15) is 0 Å². The van der Waals surface area contributed by atoms with Crippen LogP contribution in [-0.4, -0.2) is 24.2 Å². The average Bonchev–Trinajstić information content (AvgIpc) is 3.27. The zero-order valence-electron chi connectivity index (χ0n) is 17.2. The van der Waals surface area contributed by atoms with Crippen LogP contribution in [0.3, 0.4) is 0 Å². The number of nitrogens with two attached hydrogens (primary N) is 1. The number of pyridine rings is 1. The van der Waals surface area contributed by atoms with Gasteiger partial charge < -0.3 is 15.2 Å². The number of hydrogen-bond acceptors (Lipinski definition) is 4. The highest BCUT2D eigenvalue weighted by atomic mass is 16.5. The van der Waals surface area contributed by atoms with E-state index >= 15 is 0 Å². The predicted octanol–water partition coefficient (Wildman–Crippen LogP) is 4.60. The second-order valence-electron chi connectivity index (χ2n) is 8.27. The van der Waals surface area contributed by atoms with Gasteiger partial charge in [0.15, 0.2) is 11.5 Å². The van der Waals surface area contributed by atoms with Gasteiger partial charge in [0, 0.05) is 12.2 Å². The molecule has 2 aliphatic carbocycles. The average molecular weight is 391 g/mol. The molecule has 29 heavy (non-hydrogen) atoms. The predicted molar refractivity (Wildman–Crippen MR) is 115 cm³/mol. The van der Waals surface area contributed by atoms with E-state index in [1.54, 1.807) is 13.3 Å². The smallest absolute Gasteiger partial charge is 0.161 e. The molecular formula is C25H30N2O2. The largest absolute Gasteiger partial charge is 0.493 e. The molecule has 0 spiro atoms. The normalized spacial score (nSPS) is 24.6. The van der Waals surface area contributed by atoms with Crippen LogP contribution >= 0.6 is 0 Å². The summed E-state index contributed by atoms with van der Waals surface area (Å²) in [4.78, 5) is 4.37. The van der Waals surface area contributed by atoms with Gasteiger partial charge in [-0.25, -0.2) is 4.98 Å². The van der Waals surface area contributed by atoms with Crippen molar-refractivity contribution in [3.05, 3.63) is 53.9 Å². The molecule has 2 saturated carbocycles. The number of methoxy groups -OCH3 is 1. The SMILES string of the molecule is COc1ccc(C2(C#Cc3ccccn3)CCC(N)CC2)cc1OC1CCCC1. The van der Waals surface area contributed by atoms with Gasteiger partial charge >= 0.3 is 0 Å². The van der Waals surface area contributed by atoms with E-state index in [1.807, 2.05) is 24.3 Å². The molecule has 0 bridgehead atoms. The van der Waals surface area contributed by atoms with Crippen molar-refractivity contribution in [2.75, 3.05) is 7.11 Å². The summed E-state index contributed by atoms with van der Waals surface area (Å²) in [6.45, 7) is 0. The van der Waals surface area contributed by atoms with Gasteiger partial charge in [0.25, 0.3) is 0 Å². The molecular weight excluding hydrogens is 360 g/mol. The van der Waals surface area contributed by atoms with Crippen LogP contribution < -0.4 is 15.2 Å². The van der Waals surface area contributed by atoms with Crippen molar-refractivity contribution in [3.8, 4) is 23.3 Å². The van der Waals surface area contributed by atoms with Crippen LogP contribution in [0.5, 0.6) is 11.5 Å². The fourth-order valence-corrected chi connectivity index (χ4v) is 4.49. The first-order chi connectivity index (χ1) is 14.2. The molecule has 0 saturated heterocycles. The van der Waals surface area contributed by atoms with Gasteiger partial charge in [-0.3, -0.25) is 0 Å². The van der Waals surface area contributed by atoms with Crippen LogP contribution in [0.1, 0.15) is 62.6 Å². The Morgan fingerprint density at radius 2 is 1.83 bits per heavy atom. The molecule has 1 aromatic carbocycles. The van der Waals surface area contributed by atoms with Crippen molar-refractivity contribution in [2.24, 2.45) is 5.73 Å². The van der Waals surface area contributed by atoms with E-state index in [2.05, 4.69) is 29.0 Å². The van der Waals surface area contributed by atoms with Crippen molar-refractivity contribution in [3.63, 3.8) is 0 Å². The second kappa shape index (κ2) is 8.88. The molecule has 0 atom stereocenters. The van der Waals surface area contributed by atoms with Gasteiger partial charge in [0.05, 0.1) is 18.6 Å². The first-order valence-corrected chi connectivity index (χ1v) is 10.7. The maximum absolute atomic E-state index is 6.35. The highest BCUT2D eigenvalue weighted by Crippen LogP contribution is 2.42. The van der Waals surface area contributed by atoms with Crippen LogP contribution in [-0.2, 0) is 5.41 Å². The van der Waals surface area contributed by atoms with Crippen molar-refractivity contribution < 1.29 is 9.47 Å². The third-order valence-corrected chi connectivity index (χ3v) is 6.29. The van der Waals surface area contributed by atoms with Crippen molar-refractivity contribution in [1.82, 2.24) is 4.98 Å². The van der Waals surface area contributed by atoms with Crippen LogP contribution in [0.4, 0.5) is 0 Å². The van der Waals surface area contributed by atoms with E-state index in [-0.39, 0.29) is 17.6 Å². The molecule has 0 radical (unpaired) electrons. The number of benzene rings is 1. The molecule has 4 heteroatoms. The molecule has 0 aliphatic heterocycles. The monoisotopic (exact) mass is 390 g/mol. The van der Waals surface area contributed by atoms with Crippen molar-refractivity contribution >= 4 is 0 Å².